The second-order valence-corrected chi connectivity index (χ2v) is 10.1. The Balaban J connectivity index is 0.00000162. The molecule has 3 heteroatoms. The van der Waals surface area contributed by atoms with Crippen LogP contribution in [0.15, 0.2) is 42.1 Å². The molecule has 0 aliphatic heterocycles. The molecule has 0 nitrogen and oxygen atoms in total. The standard InChI is InChI=1S/2C8H11.2BrH.Hf/c2*1-2-5-8-6-3-4-7-8;;;/h2*3,6H,2,4-5H2,1H3;2*1H;. The zero-order valence-electron chi connectivity index (χ0n) is 11.9. The maximum absolute atomic E-state index is 2.40. The molecule has 2 rings (SSSR count). The molecule has 0 aromatic heterocycles. The Kier molecular flexibility index (Phi) is 10.9. The van der Waals surface area contributed by atoms with E-state index in [1.54, 1.807) is 11.1 Å². The molecule has 0 N–H and O–H groups in total. The van der Waals surface area contributed by atoms with E-state index in [-0.39, 0.29) is 34.0 Å². The number of hydrogen-bond acceptors (Lipinski definition) is 0. The van der Waals surface area contributed by atoms with Gasteiger partial charge < -0.3 is 0 Å². The molecule has 0 saturated carbocycles. The minimum atomic E-state index is -0.683. The van der Waals surface area contributed by atoms with Crippen molar-refractivity contribution < 1.29 is 22.9 Å². The summed E-state index contributed by atoms with van der Waals surface area (Å²) < 4.78 is 3.75. The normalized spacial score (nSPS) is 16.7. The van der Waals surface area contributed by atoms with Crippen molar-refractivity contribution in [3.8, 4) is 0 Å². The monoisotopic (exact) mass is 554 g/mol. The van der Waals surface area contributed by atoms with Crippen molar-refractivity contribution in [3.05, 3.63) is 42.1 Å². The molecule has 0 saturated heterocycles. The van der Waals surface area contributed by atoms with Gasteiger partial charge in [0, 0.05) is 0 Å². The zero-order valence-corrected chi connectivity index (χ0v) is 18.9. The van der Waals surface area contributed by atoms with Gasteiger partial charge in [0.25, 0.3) is 0 Å². The number of halogens is 2. The minimum absolute atomic E-state index is 0. The summed E-state index contributed by atoms with van der Waals surface area (Å²) in [4.78, 5) is 0. The molecule has 0 aromatic carbocycles. The Morgan fingerprint density at radius 3 is 1.63 bits per heavy atom. The van der Waals surface area contributed by atoms with Crippen molar-refractivity contribution in [2.24, 2.45) is 0 Å². The molecule has 0 fully saturated rings. The van der Waals surface area contributed by atoms with Crippen LogP contribution in [0.25, 0.3) is 0 Å². The average Bonchev–Trinajstić information content (AvgIpc) is 2.92. The van der Waals surface area contributed by atoms with Crippen LogP contribution in [0.4, 0.5) is 0 Å². The van der Waals surface area contributed by atoms with Crippen LogP contribution in [-0.4, -0.2) is 0 Å². The molecular weight excluding hydrogens is 530 g/mol. The molecule has 2 aliphatic carbocycles. The van der Waals surface area contributed by atoms with E-state index in [1.165, 1.54) is 38.5 Å². The van der Waals surface area contributed by atoms with Gasteiger partial charge >= 0.3 is 117 Å². The van der Waals surface area contributed by atoms with Gasteiger partial charge in [-0.2, -0.15) is 0 Å². The summed E-state index contributed by atoms with van der Waals surface area (Å²) in [6.45, 7) is 4.59. The molecular formula is C16H24Br2Hf. The average molecular weight is 555 g/mol. The molecule has 0 radical (unpaired) electrons. The van der Waals surface area contributed by atoms with Gasteiger partial charge in [-0.05, 0) is 0 Å². The molecule has 106 valence electrons. The molecule has 0 spiro atoms. The van der Waals surface area contributed by atoms with Gasteiger partial charge in [0.05, 0.1) is 0 Å². The second kappa shape index (κ2) is 10.5. The molecule has 0 heterocycles. The van der Waals surface area contributed by atoms with Crippen molar-refractivity contribution in [2.75, 3.05) is 0 Å². The van der Waals surface area contributed by atoms with E-state index < -0.39 is 22.9 Å². The predicted octanol–water partition coefficient (Wildman–Crippen LogP) is 6.25. The molecule has 0 aromatic rings. The van der Waals surface area contributed by atoms with Crippen molar-refractivity contribution in [3.63, 3.8) is 0 Å². The molecule has 0 amide bonds. The summed E-state index contributed by atoms with van der Waals surface area (Å²) in [5.74, 6) is 0. The summed E-state index contributed by atoms with van der Waals surface area (Å²) in [6, 6.07) is 0. The van der Waals surface area contributed by atoms with Crippen molar-refractivity contribution in [1.82, 2.24) is 0 Å². The Hall–Kier alpha value is 0.790. The fraction of sp³-hybridized carbons (Fsp3) is 0.500. The van der Waals surface area contributed by atoms with Crippen molar-refractivity contribution in [2.45, 2.75) is 52.4 Å². The van der Waals surface area contributed by atoms with E-state index in [2.05, 4.69) is 38.2 Å². The van der Waals surface area contributed by atoms with Crippen LogP contribution in [0.5, 0.6) is 0 Å². The van der Waals surface area contributed by atoms with Gasteiger partial charge in [0.1, 0.15) is 0 Å². The van der Waals surface area contributed by atoms with Crippen LogP contribution in [0.3, 0.4) is 0 Å². The van der Waals surface area contributed by atoms with Crippen LogP contribution in [0.2, 0.25) is 0 Å². The fourth-order valence-electron chi connectivity index (χ4n) is 2.55. The van der Waals surface area contributed by atoms with E-state index in [9.17, 15) is 0 Å². The first-order valence-electron chi connectivity index (χ1n) is 6.89. The third kappa shape index (κ3) is 5.59. The fourth-order valence-corrected chi connectivity index (χ4v) is 8.09. The Bertz CT molecular complexity index is 365. The molecule has 0 bridgehead atoms. The van der Waals surface area contributed by atoms with Gasteiger partial charge in [-0.3, -0.25) is 0 Å². The molecule has 2 aliphatic rings. The predicted molar refractivity (Wildman–Crippen MR) is 92.0 cm³/mol. The Morgan fingerprint density at radius 1 is 0.842 bits per heavy atom. The first kappa shape index (κ1) is 19.8. The molecule has 0 atom stereocenters. The summed E-state index contributed by atoms with van der Waals surface area (Å²) in [5.41, 5.74) is 3.40. The summed E-state index contributed by atoms with van der Waals surface area (Å²) in [6.07, 6.45) is 17.3. The van der Waals surface area contributed by atoms with Crippen LogP contribution >= 0.6 is 34.0 Å². The van der Waals surface area contributed by atoms with Crippen LogP contribution in [0, 0.1) is 0 Å². The zero-order chi connectivity index (χ0) is 12.1. The summed E-state index contributed by atoms with van der Waals surface area (Å²) in [5, 5.41) is 0. The molecule has 0 unspecified atom stereocenters. The van der Waals surface area contributed by atoms with E-state index in [0.29, 0.717) is 0 Å². The van der Waals surface area contributed by atoms with Crippen molar-refractivity contribution >= 4 is 34.0 Å². The first-order chi connectivity index (χ1) is 8.35. The SMILES string of the molecule is Br.Br.CCCC1=[C]([Hf][C]2=C(CCC)C=CC2)CC=C1. The number of allylic oxidation sites excluding steroid dienone is 8. The van der Waals surface area contributed by atoms with Crippen LogP contribution < -0.4 is 0 Å². The maximum atomic E-state index is 2.40. The summed E-state index contributed by atoms with van der Waals surface area (Å²) >= 11 is -0.683. The van der Waals surface area contributed by atoms with E-state index in [4.69, 9.17) is 0 Å². The number of hydrogen-bond donors (Lipinski definition) is 0. The number of rotatable bonds is 6. The van der Waals surface area contributed by atoms with Crippen LogP contribution in [-0.2, 0) is 22.9 Å². The Labute approximate surface area is 150 Å². The van der Waals surface area contributed by atoms with Gasteiger partial charge in [0.15, 0.2) is 0 Å². The van der Waals surface area contributed by atoms with Gasteiger partial charge in [-0.1, -0.05) is 0 Å². The van der Waals surface area contributed by atoms with Gasteiger partial charge in [-0.25, -0.2) is 0 Å². The third-order valence-electron chi connectivity index (χ3n) is 3.40. The third-order valence-corrected chi connectivity index (χ3v) is 9.34. The van der Waals surface area contributed by atoms with E-state index in [1.807, 2.05) is 6.66 Å². The Morgan fingerprint density at radius 2 is 1.26 bits per heavy atom. The van der Waals surface area contributed by atoms with Gasteiger partial charge in [-0.15, -0.1) is 34.0 Å². The van der Waals surface area contributed by atoms with Crippen molar-refractivity contribution in [1.29, 1.82) is 0 Å². The van der Waals surface area contributed by atoms with Gasteiger partial charge in [0.2, 0.25) is 0 Å². The summed E-state index contributed by atoms with van der Waals surface area (Å²) in [7, 11) is 0. The first-order valence-corrected chi connectivity index (χ1v) is 10.5. The second-order valence-electron chi connectivity index (χ2n) is 4.85. The van der Waals surface area contributed by atoms with Crippen LogP contribution in [0.1, 0.15) is 52.4 Å². The molecule has 19 heavy (non-hydrogen) atoms. The van der Waals surface area contributed by atoms with E-state index >= 15 is 0 Å². The van der Waals surface area contributed by atoms with E-state index in [0.717, 1.165) is 0 Å². The quantitative estimate of drug-likeness (QED) is 0.341. The topological polar surface area (TPSA) is 0 Å².